The Morgan fingerprint density at radius 2 is 1.90 bits per heavy atom. The molecule has 1 aliphatic rings. The topological polar surface area (TPSA) is 32.3 Å². The fourth-order valence-electron chi connectivity index (χ4n) is 2.50. The number of anilines is 1. The summed E-state index contributed by atoms with van der Waals surface area (Å²) < 4.78 is 0. The largest absolute Gasteiger partial charge is 0.322 e. The highest BCUT2D eigenvalue weighted by Gasteiger charge is 2.21. The number of piperidine rings is 1. The summed E-state index contributed by atoms with van der Waals surface area (Å²) in [6.45, 7) is 4.34. The van der Waals surface area contributed by atoms with E-state index in [9.17, 15) is 4.79 Å². The van der Waals surface area contributed by atoms with Crippen molar-refractivity contribution in [3.05, 3.63) is 26.2 Å². The summed E-state index contributed by atoms with van der Waals surface area (Å²) in [5.74, 6) is 0.436. The molecular weight excluding hydrogens is 354 g/mol. The summed E-state index contributed by atoms with van der Waals surface area (Å²) in [7, 11) is 0. The second kappa shape index (κ2) is 7.38. The quantitative estimate of drug-likeness (QED) is 0.762. The van der Waals surface area contributed by atoms with Crippen LogP contribution in [0.15, 0.2) is 6.07 Å². The lowest BCUT2D eigenvalue weighted by Crippen LogP contribution is -2.39. The number of hydrogen-bond donors (Lipinski definition) is 1. The predicted octanol–water partition coefficient (Wildman–Crippen LogP) is 4.97. The monoisotopic (exact) mass is 368 g/mol. The molecule has 116 valence electrons. The van der Waals surface area contributed by atoms with Crippen molar-refractivity contribution in [3.63, 3.8) is 0 Å². The molecule has 1 unspecified atom stereocenters. The smallest absolute Gasteiger partial charge is 0.238 e. The van der Waals surface area contributed by atoms with Gasteiger partial charge in [0, 0.05) is 6.54 Å². The molecule has 0 bridgehead atoms. The standard InChI is InChI=1S/C14H16Cl4N2O/c1-8-3-2-4-20(6-8)7-11(21)19-14-12(17)9(15)5-10(16)13(14)18/h5,8H,2-4,6-7H2,1H3,(H,19,21). The van der Waals surface area contributed by atoms with E-state index in [0.29, 0.717) is 12.5 Å². The Balaban J connectivity index is 2.06. The Bertz CT molecular complexity index is 524. The van der Waals surface area contributed by atoms with Crippen molar-refractivity contribution in [1.82, 2.24) is 4.90 Å². The Morgan fingerprint density at radius 1 is 1.29 bits per heavy atom. The van der Waals surface area contributed by atoms with Gasteiger partial charge in [-0.2, -0.15) is 0 Å². The number of benzene rings is 1. The number of amides is 1. The summed E-state index contributed by atoms with van der Waals surface area (Å²) in [6.07, 6.45) is 2.32. The van der Waals surface area contributed by atoms with Gasteiger partial charge in [-0.1, -0.05) is 53.3 Å². The maximum Gasteiger partial charge on any atom is 0.238 e. The zero-order chi connectivity index (χ0) is 15.6. The molecule has 1 aromatic rings. The number of nitrogens with one attached hydrogen (secondary N) is 1. The van der Waals surface area contributed by atoms with Crippen molar-refractivity contribution >= 4 is 58.0 Å². The van der Waals surface area contributed by atoms with Crippen LogP contribution in [-0.4, -0.2) is 30.4 Å². The van der Waals surface area contributed by atoms with E-state index < -0.39 is 0 Å². The highest BCUT2D eigenvalue weighted by Crippen LogP contribution is 2.40. The van der Waals surface area contributed by atoms with Crippen LogP contribution < -0.4 is 5.32 Å². The molecule has 1 aromatic carbocycles. The summed E-state index contributed by atoms with van der Waals surface area (Å²) >= 11 is 24.1. The van der Waals surface area contributed by atoms with Crippen molar-refractivity contribution in [3.8, 4) is 0 Å². The summed E-state index contributed by atoms with van der Waals surface area (Å²) in [5, 5.41) is 3.62. The van der Waals surface area contributed by atoms with Crippen LogP contribution in [0.5, 0.6) is 0 Å². The first-order chi connectivity index (χ1) is 9.88. The number of hydrogen-bond acceptors (Lipinski definition) is 2. The average molecular weight is 370 g/mol. The second-order valence-corrected chi connectivity index (χ2v) is 6.94. The van der Waals surface area contributed by atoms with Crippen LogP contribution in [0.4, 0.5) is 5.69 Å². The van der Waals surface area contributed by atoms with Gasteiger partial charge in [0.05, 0.1) is 32.3 Å². The van der Waals surface area contributed by atoms with E-state index in [1.54, 1.807) is 0 Å². The summed E-state index contributed by atoms with van der Waals surface area (Å²) in [6, 6.07) is 1.45. The SMILES string of the molecule is CC1CCCN(CC(=O)Nc2c(Cl)c(Cl)cc(Cl)c2Cl)C1. The third-order valence-electron chi connectivity index (χ3n) is 3.48. The van der Waals surface area contributed by atoms with Crippen molar-refractivity contribution in [2.24, 2.45) is 5.92 Å². The van der Waals surface area contributed by atoms with Crippen LogP contribution in [0.25, 0.3) is 0 Å². The Kier molecular flexibility index (Phi) is 6.04. The van der Waals surface area contributed by atoms with Gasteiger partial charge < -0.3 is 5.32 Å². The minimum atomic E-state index is -0.175. The first-order valence-electron chi connectivity index (χ1n) is 6.73. The minimum Gasteiger partial charge on any atom is -0.322 e. The van der Waals surface area contributed by atoms with E-state index in [-0.39, 0.29) is 31.7 Å². The third kappa shape index (κ3) is 4.40. The normalized spacial score (nSPS) is 19.6. The molecule has 2 rings (SSSR count). The average Bonchev–Trinajstić information content (AvgIpc) is 2.41. The van der Waals surface area contributed by atoms with Crippen LogP contribution in [-0.2, 0) is 4.79 Å². The van der Waals surface area contributed by atoms with E-state index >= 15 is 0 Å². The number of halogens is 4. The molecule has 1 saturated heterocycles. The zero-order valence-electron chi connectivity index (χ0n) is 11.6. The van der Waals surface area contributed by atoms with Gasteiger partial charge in [0.15, 0.2) is 0 Å². The van der Waals surface area contributed by atoms with Crippen LogP contribution >= 0.6 is 46.4 Å². The first kappa shape index (κ1) is 17.2. The Hall–Kier alpha value is -0.190. The number of carbonyl (C=O) groups is 1. The molecule has 1 fully saturated rings. The van der Waals surface area contributed by atoms with Gasteiger partial charge in [0.1, 0.15) is 0 Å². The Labute approximate surface area is 144 Å². The number of likely N-dealkylation sites (tertiary alicyclic amines) is 1. The van der Waals surface area contributed by atoms with Gasteiger partial charge in [-0.3, -0.25) is 9.69 Å². The van der Waals surface area contributed by atoms with Crippen molar-refractivity contribution < 1.29 is 4.79 Å². The fourth-order valence-corrected chi connectivity index (χ4v) is 3.40. The van der Waals surface area contributed by atoms with Gasteiger partial charge in [0.2, 0.25) is 5.91 Å². The van der Waals surface area contributed by atoms with E-state index in [2.05, 4.69) is 17.1 Å². The van der Waals surface area contributed by atoms with Gasteiger partial charge >= 0.3 is 0 Å². The highest BCUT2D eigenvalue weighted by atomic mass is 35.5. The van der Waals surface area contributed by atoms with Gasteiger partial charge in [-0.05, 0) is 31.4 Å². The molecule has 3 nitrogen and oxygen atoms in total. The third-order valence-corrected chi connectivity index (χ3v) is 5.06. The van der Waals surface area contributed by atoms with Crippen LogP contribution in [0.1, 0.15) is 19.8 Å². The first-order valence-corrected chi connectivity index (χ1v) is 8.25. The number of carbonyl (C=O) groups excluding carboxylic acids is 1. The van der Waals surface area contributed by atoms with E-state index in [4.69, 9.17) is 46.4 Å². The number of nitrogens with zero attached hydrogens (tertiary/aromatic N) is 1. The number of rotatable bonds is 3. The maximum absolute atomic E-state index is 12.2. The van der Waals surface area contributed by atoms with E-state index in [1.165, 1.54) is 12.5 Å². The molecule has 0 aliphatic carbocycles. The van der Waals surface area contributed by atoms with Gasteiger partial charge in [-0.25, -0.2) is 0 Å². The van der Waals surface area contributed by atoms with Gasteiger partial charge in [-0.15, -0.1) is 0 Å². The van der Waals surface area contributed by atoms with Crippen molar-refractivity contribution in [2.45, 2.75) is 19.8 Å². The molecule has 1 aliphatic heterocycles. The highest BCUT2D eigenvalue weighted by molar-refractivity contribution is 6.50. The maximum atomic E-state index is 12.2. The fraction of sp³-hybridized carbons (Fsp3) is 0.500. The molecule has 1 amide bonds. The zero-order valence-corrected chi connectivity index (χ0v) is 14.6. The molecule has 0 saturated carbocycles. The second-order valence-electron chi connectivity index (χ2n) is 5.37. The van der Waals surface area contributed by atoms with E-state index in [0.717, 1.165) is 19.5 Å². The van der Waals surface area contributed by atoms with Crippen molar-refractivity contribution in [1.29, 1.82) is 0 Å². The summed E-state index contributed by atoms with van der Waals surface area (Å²) in [4.78, 5) is 14.3. The molecular formula is C14H16Cl4N2O. The van der Waals surface area contributed by atoms with Crippen molar-refractivity contribution in [2.75, 3.05) is 25.0 Å². The predicted molar refractivity (Wildman–Crippen MR) is 89.9 cm³/mol. The lowest BCUT2D eigenvalue weighted by Gasteiger charge is -2.30. The van der Waals surface area contributed by atoms with E-state index in [1.807, 2.05) is 0 Å². The molecule has 7 heteroatoms. The molecule has 0 aromatic heterocycles. The minimum absolute atomic E-state index is 0.175. The molecule has 0 radical (unpaired) electrons. The van der Waals surface area contributed by atoms with Crippen LogP contribution in [0.3, 0.4) is 0 Å². The lowest BCUT2D eigenvalue weighted by molar-refractivity contribution is -0.117. The Morgan fingerprint density at radius 3 is 2.48 bits per heavy atom. The van der Waals surface area contributed by atoms with Gasteiger partial charge in [0.25, 0.3) is 0 Å². The molecule has 1 N–H and O–H groups in total. The molecule has 1 heterocycles. The molecule has 0 spiro atoms. The molecule has 21 heavy (non-hydrogen) atoms. The van der Waals surface area contributed by atoms with Crippen LogP contribution in [0, 0.1) is 5.92 Å². The van der Waals surface area contributed by atoms with Crippen LogP contribution in [0.2, 0.25) is 20.1 Å². The summed E-state index contributed by atoms with van der Waals surface area (Å²) in [5.41, 5.74) is 0.269. The molecule has 1 atom stereocenters. The lowest BCUT2D eigenvalue weighted by atomic mass is 10.0.